The number of ketones is 1. The van der Waals surface area contributed by atoms with Gasteiger partial charge in [-0.25, -0.2) is 0 Å². The van der Waals surface area contributed by atoms with E-state index in [1.807, 2.05) is 6.07 Å². The Hall–Kier alpha value is -1.23. The summed E-state index contributed by atoms with van der Waals surface area (Å²) in [6, 6.07) is 7.10. The smallest absolute Gasteiger partial charge is 0.176 e. The number of piperazine rings is 1. The van der Waals surface area contributed by atoms with E-state index in [9.17, 15) is 4.79 Å². The lowest BCUT2D eigenvalue weighted by Crippen LogP contribution is -2.51. The second kappa shape index (κ2) is 7.98. The first-order valence-corrected chi connectivity index (χ1v) is 10.1. The van der Waals surface area contributed by atoms with Crippen LogP contribution >= 0.6 is 0 Å². The van der Waals surface area contributed by atoms with Gasteiger partial charge in [0.2, 0.25) is 0 Å². The number of nitrogens with one attached hydrogen (secondary N) is 1. The number of hydrogen-bond acceptors (Lipinski definition) is 4. The number of nitrogens with zero attached hydrogens (tertiary/aromatic N) is 2. The van der Waals surface area contributed by atoms with Gasteiger partial charge in [-0.2, -0.15) is 0 Å². The van der Waals surface area contributed by atoms with Crippen LogP contribution in [-0.4, -0.2) is 60.9 Å². The molecule has 4 nitrogen and oxygen atoms in total. The number of benzene rings is 1. The van der Waals surface area contributed by atoms with Crippen LogP contribution in [0.2, 0.25) is 0 Å². The van der Waals surface area contributed by atoms with Gasteiger partial charge in [-0.15, -0.1) is 0 Å². The standard InChI is InChI=1S/C21H31N3O/c25-21(18-6-7-19-15-22-9-8-17(19)14-18)16-23-10-12-24(13-11-23)20-4-2-1-3-5-20/h6-7,14,20,22H,1-5,8-13,15-16H2. The summed E-state index contributed by atoms with van der Waals surface area (Å²) >= 11 is 0. The lowest BCUT2D eigenvalue weighted by molar-refractivity contribution is 0.0691. The molecule has 1 aliphatic carbocycles. The van der Waals surface area contributed by atoms with E-state index in [-0.39, 0.29) is 5.78 Å². The van der Waals surface area contributed by atoms with E-state index in [1.165, 1.54) is 43.2 Å². The fourth-order valence-electron chi connectivity index (χ4n) is 4.68. The highest BCUT2D eigenvalue weighted by molar-refractivity contribution is 5.97. The molecule has 4 rings (SSSR count). The van der Waals surface area contributed by atoms with Crippen LogP contribution in [0.4, 0.5) is 0 Å². The van der Waals surface area contributed by atoms with Gasteiger partial charge in [0.05, 0.1) is 6.54 Å². The third kappa shape index (κ3) is 4.13. The maximum Gasteiger partial charge on any atom is 0.176 e. The second-order valence-electron chi connectivity index (χ2n) is 7.94. The van der Waals surface area contributed by atoms with Gasteiger partial charge in [-0.1, -0.05) is 31.4 Å². The molecule has 0 bridgehead atoms. The molecule has 0 amide bonds. The predicted octanol–water partition coefficient (Wildman–Crippen LogP) is 2.47. The summed E-state index contributed by atoms with van der Waals surface area (Å²) in [5.41, 5.74) is 3.60. The topological polar surface area (TPSA) is 35.6 Å². The zero-order valence-electron chi connectivity index (χ0n) is 15.3. The van der Waals surface area contributed by atoms with E-state index >= 15 is 0 Å². The molecule has 2 aliphatic heterocycles. The Labute approximate surface area is 151 Å². The molecule has 1 aromatic rings. The minimum absolute atomic E-state index is 0.285. The molecule has 0 atom stereocenters. The van der Waals surface area contributed by atoms with Gasteiger partial charge >= 0.3 is 0 Å². The van der Waals surface area contributed by atoms with Gasteiger partial charge in [0.1, 0.15) is 0 Å². The van der Waals surface area contributed by atoms with E-state index < -0.39 is 0 Å². The van der Waals surface area contributed by atoms with Crippen molar-refractivity contribution in [3.8, 4) is 0 Å². The van der Waals surface area contributed by atoms with Gasteiger partial charge in [0.15, 0.2) is 5.78 Å². The largest absolute Gasteiger partial charge is 0.312 e. The van der Waals surface area contributed by atoms with Crippen molar-refractivity contribution in [2.75, 3.05) is 39.3 Å². The van der Waals surface area contributed by atoms with Crippen molar-refractivity contribution in [3.63, 3.8) is 0 Å². The molecular weight excluding hydrogens is 310 g/mol. The molecule has 0 unspecified atom stereocenters. The maximum atomic E-state index is 12.7. The maximum absolute atomic E-state index is 12.7. The number of carbonyl (C=O) groups is 1. The Kier molecular flexibility index (Phi) is 5.49. The molecule has 25 heavy (non-hydrogen) atoms. The highest BCUT2D eigenvalue weighted by Gasteiger charge is 2.26. The van der Waals surface area contributed by atoms with Crippen molar-refractivity contribution in [2.24, 2.45) is 0 Å². The minimum Gasteiger partial charge on any atom is -0.312 e. The highest BCUT2D eigenvalue weighted by Crippen LogP contribution is 2.23. The Bertz CT molecular complexity index is 601. The van der Waals surface area contributed by atoms with Gasteiger partial charge in [-0.3, -0.25) is 14.6 Å². The van der Waals surface area contributed by atoms with Crippen molar-refractivity contribution < 1.29 is 4.79 Å². The summed E-state index contributed by atoms with van der Waals surface area (Å²) in [5, 5.41) is 3.39. The average molecular weight is 341 g/mol. The lowest BCUT2D eigenvalue weighted by Gasteiger charge is -2.40. The number of carbonyl (C=O) groups excluding carboxylic acids is 1. The van der Waals surface area contributed by atoms with E-state index in [4.69, 9.17) is 0 Å². The van der Waals surface area contributed by atoms with Crippen molar-refractivity contribution in [2.45, 2.75) is 51.1 Å². The molecule has 3 aliphatic rings. The molecule has 1 saturated carbocycles. The van der Waals surface area contributed by atoms with Crippen LogP contribution < -0.4 is 5.32 Å². The summed E-state index contributed by atoms with van der Waals surface area (Å²) in [6.07, 6.45) is 8.01. The number of Topliss-reactive ketones (excluding diaryl/α,β-unsaturated/α-hetero) is 1. The van der Waals surface area contributed by atoms with Gasteiger partial charge in [0, 0.05) is 44.3 Å². The van der Waals surface area contributed by atoms with Crippen molar-refractivity contribution in [1.82, 2.24) is 15.1 Å². The Morgan fingerprint density at radius 3 is 2.64 bits per heavy atom. The summed E-state index contributed by atoms with van der Waals surface area (Å²) in [7, 11) is 0. The first-order valence-electron chi connectivity index (χ1n) is 10.1. The summed E-state index contributed by atoms with van der Waals surface area (Å²) in [5.74, 6) is 0.285. The third-order valence-electron chi connectivity index (χ3n) is 6.28. The van der Waals surface area contributed by atoms with Crippen LogP contribution in [0.3, 0.4) is 0 Å². The SMILES string of the molecule is O=C(CN1CCN(C2CCCCC2)CC1)c1ccc2c(c1)CCNC2. The quantitative estimate of drug-likeness (QED) is 0.854. The molecule has 0 aromatic heterocycles. The first-order chi connectivity index (χ1) is 12.3. The molecule has 0 radical (unpaired) electrons. The summed E-state index contributed by atoms with van der Waals surface area (Å²) in [6.45, 7) is 6.88. The van der Waals surface area contributed by atoms with E-state index in [2.05, 4.69) is 27.2 Å². The normalized spacial score (nSPS) is 23.4. The zero-order valence-corrected chi connectivity index (χ0v) is 15.3. The molecular formula is C21H31N3O. The van der Waals surface area contributed by atoms with E-state index in [1.54, 1.807) is 0 Å². The molecule has 136 valence electrons. The minimum atomic E-state index is 0.285. The lowest BCUT2D eigenvalue weighted by atomic mass is 9.93. The highest BCUT2D eigenvalue weighted by atomic mass is 16.1. The Balaban J connectivity index is 1.30. The van der Waals surface area contributed by atoms with Crippen molar-refractivity contribution in [3.05, 3.63) is 34.9 Å². The van der Waals surface area contributed by atoms with Crippen LogP contribution in [-0.2, 0) is 13.0 Å². The summed E-state index contributed by atoms with van der Waals surface area (Å²) in [4.78, 5) is 17.7. The number of fused-ring (bicyclic) bond motifs is 1. The number of rotatable bonds is 4. The van der Waals surface area contributed by atoms with Crippen LogP contribution in [0.5, 0.6) is 0 Å². The fraction of sp³-hybridized carbons (Fsp3) is 0.667. The second-order valence-corrected chi connectivity index (χ2v) is 7.94. The molecule has 2 heterocycles. The molecule has 0 spiro atoms. The Morgan fingerprint density at radius 1 is 1.04 bits per heavy atom. The van der Waals surface area contributed by atoms with Crippen LogP contribution in [0.1, 0.15) is 53.6 Å². The van der Waals surface area contributed by atoms with Crippen LogP contribution in [0.15, 0.2) is 18.2 Å². The zero-order chi connectivity index (χ0) is 17.1. The molecule has 1 aromatic carbocycles. The third-order valence-corrected chi connectivity index (χ3v) is 6.28. The van der Waals surface area contributed by atoms with Crippen molar-refractivity contribution in [1.29, 1.82) is 0 Å². The first kappa shape index (κ1) is 17.2. The molecule has 2 fully saturated rings. The van der Waals surface area contributed by atoms with E-state index in [0.29, 0.717) is 6.54 Å². The molecule has 1 N–H and O–H groups in total. The van der Waals surface area contributed by atoms with Crippen LogP contribution in [0.25, 0.3) is 0 Å². The van der Waals surface area contributed by atoms with Gasteiger partial charge in [0.25, 0.3) is 0 Å². The van der Waals surface area contributed by atoms with Gasteiger partial charge in [-0.05, 0) is 43.0 Å². The Morgan fingerprint density at radius 2 is 1.84 bits per heavy atom. The predicted molar refractivity (Wildman–Crippen MR) is 101 cm³/mol. The summed E-state index contributed by atoms with van der Waals surface area (Å²) < 4.78 is 0. The van der Waals surface area contributed by atoms with Gasteiger partial charge < -0.3 is 5.32 Å². The van der Waals surface area contributed by atoms with E-state index in [0.717, 1.165) is 57.3 Å². The number of hydrogen-bond donors (Lipinski definition) is 1. The van der Waals surface area contributed by atoms with Crippen LogP contribution in [0, 0.1) is 0 Å². The molecule has 4 heteroatoms. The fourth-order valence-corrected chi connectivity index (χ4v) is 4.68. The average Bonchev–Trinajstić information content (AvgIpc) is 2.69. The molecule has 1 saturated heterocycles. The van der Waals surface area contributed by atoms with Crippen molar-refractivity contribution >= 4 is 5.78 Å². The monoisotopic (exact) mass is 341 g/mol.